The van der Waals surface area contributed by atoms with Gasteiger partial charge in [0.05, 0.1) is 24.2 Å². The van der Waals surface area contributed by atoms with E-state index in [1.807, 2.05) is 23.1 Å². The summed E-state index contributed by atoms with van der Waals surface area (Å²) in [6.45, 7) is 2.52. The largest absolute Gasteiger partial charge is 0.481 e. The number of carboxylic acid groups (broad SMARTS) is 1. The molecule has 1 aromatic heterocycles. The third-order valence-corrected chi connectivity index (χ3v) is 7.12. The van der Waals surface area contributed by atoms with Gasteiger partial charge in [0.15, 0.2) is 9.84 Å². The lowest BCUT2D eigenvalue weighted by atomic mass is 10.0. The van der Waals surface area contributed by atoms with Crippen molar-refractivity contribution in [3.63, 3.8) is 0 Å². The Morgan fingerprint density at radius 3 is 2.65 bits per heavy atom. The van der Waals surface area contributed by atoms with E-state index in [1.54, 1.807) is 6.26 Å². The molecule has 2 aliphatic rings. The Morgan fingerprint density at radius 1 is 1.15 bits per heavy atom. The summed E-state index contributed by atoms with van der Waals surface area (Å²) < 4.78 is 29.8. The molecule has 8 heteroatoms. The summed E-state index contributed by atoms with van der Waals surface area (Å²) in [6, 6.07) is 7.76. The van der Waals surface area contributed by atoms with Gasteiger partial charge >= 0.3 is 5.97 Å². The van der Waals surface area contributed by atoms with Gasteiger partial charge in [-0.3, -0.25) is 14.6 Å². The highest BCUT2D eigenvalue weighted by atomic mass is 32.2. The number of benzene rings is 1. The summed E-state index contributed by atoms with van der Waals surface area (Å²) in [5.41, 5.74) is 1.97. The molecule has 0 radical (unpaired) electrons. The van der Waals surface area contributed by atoms with E-state index in [-0.39, 0.29) is 30.0 Å². The van der Waals surface area contributed by atoms with E-state index in [2.05, 4.69) is 11.0 Å². The fraction of sp³-hybridized carbons (Fsp3) is 0.500. The van der Waals surface area contributed by atoms with Crippen molar-refractivity contribution in [3.8, 4) is 0 Å². The van der Waals surface area contributed by atoms with Gasteiger partial charge < -0.3 is 9.52 Å². The van der Waals surface area contributed by atoms with Crippen molar-refractivity contribution < 1.29 is 22.7 Å². The minimum atomic E-state index is -3.10. The summed E-state index contributed by atoms with van der Waals surface area (Å²) in [7, 11) is -3.10. The van der Waals surface area contributed by atoms with Crippen LogP contribution in [0.25, 0.3) is 11.0 Å². The van der Waals surface area contributed by atoms with Crippen LogP contribution in [0.2, 0.25) is 0 Å². The van der Waals surface area contributed by atoms with Gasteiger partial charge in [-0.2, -0.15) is 0 Å². The molecule has 26 heavy (non-hydrogen) atoms. The van der Waals surface area contributed by atoms with Crippen LogP contribution in [0, 0.1) is 0 Å². The van der Waals surface area contributed by atoms with Gasteiger partial charge in [0.25, 0.3) is 0 Å². The zero-order valence-corrected chi connectivity index (χ0v) is 15.2. The van der Waals surface area contributed by atoms with Crippen LogP contribution in [0.4, 0.5) is 0 Å². The van der Waals surface area contributed by atoms with Crippen LogP contribution in [0.1, 0.15) is 12.0 Å². The number of nitrogens with zero attached hydrogens (tertiary/aromatic N) is 2. The Bertz CT molecular complexity index is 923. The molecule has 0 amide bonds. The standard InChI is InChI=1S/C18H22N2O5S/c21-18(22)3-5-19-6-7-20(16-12-26(23,24)11-15(16)19)10-13-1-2-17-14(9-13)4-8-25-17/h1-2,4,8-9,15-16H,3,5-7,10-12H2,(H,21,22)/t15-,16+/m0/s1. The van der Waals surface area contributed by atoms with Crippen molar-refractivity contribution in [1.82, 2.24) is 9.80 Å². The van der Waals surface area contributed by atoms with E-state index in [1.165, 1.54) is 0 Å². The monoisotopic (exact) mass is 378 g/mol. The molecule has 0 bridgehead atoms. The molecule has 3 heterocycles. The molecule has 0 spiro atoms. The molecule has 1 N–H and O–H groups in total. The molecule has 2 atom stereocenters. The molecule has 140 valence electrons. The highest BCUT2D eigenvalue weighted by molar-refractivity contribution is 7.91. The molecule has 4 rings (SSSR count). The molecule has 2 saturated heterocycles. The Morgan fingerprint density at radius 2 is 1.88 bits per heavy atom. The average molecular weight is 378 g/mol. The third kappa shape index (κ3) is 3.49. The third-order valence-electron chi connectivity index (χ3n) is 5.42. The molecule has 2 aromatic rings. The number of piperazine rings is 1. The highest BCUT2D eigenvalue weighted by Gasteiger charge is 2.46. The number of rotatable bonds is 5. The Balaban J connectivity index is 1.53. The lowest BCUT2D eigenvalue weighted by Crippen LogP contribution is -2.58. The normalized spacial score (nSPS) is 26.2. The van der Waals surface area contributed by atoms with Crippen LogP contribution in [0.15, 0.2) is 34.9 Å². The smallest absolute Gasteiger partial charge is 0.304 e. The second kappa shape index (κ2) is 6.68. The number of carboxylic acids is 1. The van der Waals surface area contributed by atoms with Crippen LogP contribution in [0.5, 0.6) is 0 Å². The van der Waals surface area contributed by atoms with Gasteiger partial charge in [-0.15, -0.1) is 0 Å². The van der Waals surface area contributed by atoms with Gasteiger partial charge in [0.2, 0.25) is 0 Å². The van der Waals surface area contributed by atoms with E-state index < -0.39 is 15.8 Å². The minimum absolute atomic E-state index is 0.0421. The lowest BCUT2D eigenvalue weighted by Gasteiger charge is -2.43. The van der Waals surface area contributed by atoms with E-state index in [0.717, 1.165) is 23.1 Å². The van der Waals surface area contributed by atoms with E-state index in [9.17, 15) is 13.2 Å². The van der Waals surface area contributed by atoms with Gasteiger partial charge in [0, 0.05) is 43.6 Å². The van der Waals surface area contributed by atoms with Gasteiger partial charge in [-0.25, -0.2) is 8.42 Å². The quantitative estimate of drug-likeness (QED) is 0.836. The molecular weight excluding hydrogens is 356 g/mol. The number of furan rings is 1. The maximum Gasteiger partial charge on any atom is 0.304 e. The fourth-order valence-corrected chi connectivity index (χ4v) is 6.20. The maximum atomic E-state index is 12.2. The molecular formula is C18H22N2O5S. The number of hydrogen-bond acceptors (Lipinski definition) is 6. The first-order valence-corrected chi connectivity index (χ1v) is 10.6. The number of hydrogen-bond donors (Lipinski definition) is 1. The predicted molar refractivity (Wildman–Crippen MR) is 96.7 cm³/mol. The first kappa shape index (κ1) is 17.5. The van der Waals surface area contributed by atoms with Crippen LogP contribution in [-0.4, -0.2) is 72.5 Å². The Hall–Kier alpha value is -1.90. The number of sulfone groups is 1. The molecule has 7 nitrogen and oxygen atoms in total. The number of aliphatic carboxylic acids is 1. The van der Waals surface area contributed by atoms with E-state index in [4.69, 9.17) is 9.52 Å². The van der Waals surface area contributed by atoms with Crippen molar-refractivity contribution in [2.24, 2.45) is 0 Å². The molecule has 2 fully saturated rings. The Kier molecular flexibility index (Phi) is 4.50. The Labute approximate surface area is 152 Å². The molecule has 0 aliphatic carbocycles. The first-order chi connectivity index (χ1) is 12.4. The molecule has 2 aliphatic heterocycles. The van der Waals surface area contributed by atoms with Crippen molar-refractivity contribution in [2.75, 3.05) is 31.1 Å². The van der Waals surface area contributed by atoms with Crippen LogP contribution >= 0.6 is 0 Å². The van der Waals surface area contributed by atoms with Gasteiger partial charge in [-0.1, -0.05) is 6.07 Å². The van der Waals surface area contributed by atoms with Crippen LogP contribution < -0.4 is 0 Å². The van der Waals surface area contributed by atoms with Crippen molar-refractivity contribution in [3.05, 3.63) is 36.1 Å². The zero-order chi connectivity index (χ0) is 18.3. The van der Waals surface area contributed by atoms with E-state index in [0.29, 0.717) is 19.6 Å². The SMILES string of the molecule is O=C(O)CCN1CCN(Cc2ccc3occc3c2)[C@@H]2CS(=O)(=O)C[C@@H]21. The second-order valence-electron chi connectivity index (χ2n) is 7.15. The maximum absolute atomic E-state index is 12.2. The molecule has 0 saturated carbocycles. The average Bonchev–Trinajstić information content (AvgIpc) is 3.16. The van der Waals surface area contributed by atoms with Crippen molar-refractivity contribution in [1.29, 1.82) is 0 Å². The van der Waals surface area contributed by atoms with Crippen LogP contribution in [0.3, 0.4) is 0 Å². The van der Waals surface area contributed by atoms with E-state index >= 15 is 0 Å². The molecule has 1 aromatic carbocycles. The summed E-state index contributed by atoms with van der Waals surface area (Å²) in [4.78, 5) is 15.2. The van der Waals surface area contributed by atoms with Gasteiger partial charge in [0.1, 0.15) is 5.58 Å². The minimum Gasteiger partial charge on any atom is -0.481 e. The van der Waals surface area contributed by atoms with Crippen molar-refractivity contribution >= 4 is 26.8 Å². The zero-order valence-electron chi connectivity index (χ0n) is 14.4. The summed E-state index contributed by atoms with van der Waals surface area (Å²) >= 11 is 0. The number of fused-ring (bicyclic) bond motifs is 2. The van der Waals surface area contributed by atoms with Gasteiger partial charge in [-0.05, 0) is 23.8 Å². The van der Waals surface area contributed by atoms with Crippen LogP contribution in [-0.2, 0) is 21.2 Å². The predicted octanol–water partition coefficient (Wildman–Crippen LogP) is 1.19. The first-order valence-electron chi connectivity index (χ1n) is 8.78. The second-order valence-corrected chi connectivity index (χ2v) is 9.31. The van der Waals surface area contributed by atoms with Crippen molar-refractivity contribution in [2.45, 2.75) is 25.0 Å². The summed E-state index contributed by atoms with van der Waals surface area (Å²) in [5.74, 6) is -0.581. The highest BCUT2D eigenvalue weighted by Crippen LogP contribution is 2.29. The number of carbonyl (C=O) groups is 1. The topological polar surface area (TPSA) is 91.1 Å². The summed E-state index contributed by atoms with van der Waals surface area (Å²) in [5, 5.41) is 9.98. The lowest BCUT2D eigenvalue weighted by molar-refractivity contribution is -0.137. The molecule has 0 unspecified atom stereocenters. The fourth-order valence-electron chi connectivity index (χ4n) is 4.16. The summed E-state index contributed by atoms with van der Waals surface area (Å²) in [6.07, 6.45) is 1.70.